The maximum Gasteiger partial charge on any atom is 0.114 e. The van der Waals surface area contributed by atoms with Gasteiger partial charge in [-0.1, -0.05) is 26.2 Å². The van der Waals surface area contributed by atoms with Crippen molar-refractivity contribution in [2.24, 2.45) is 0 Å². The molecule has 1 heteroatoms. The summed E-state index contributed by atoms with van der Waals surface area (Å²) in [5.74, 6) is 5.71. The van der Waals surface area contributed by atoms with Crippen LogP contribution < -0.4 is 0 Å². The lowest BCUT2D eigenvalue weighted by Crippen LogP contribution is -2.00. The Morgan fingerprint density at radius 2 is 2.00 bits per heavy atom. The maximum atomic E-state index is 9.10. The minimum absolute atomic E-state index is 0.392. The fraction of sp³-hybridized carbons (Fsp3) is 0.778. The number of hydrogen-bond acceptors (Lipinski definition) is 1. The molecule has 0 aromatic rings. The van der Waals surface area contributed by atoms with Gasteiger partial charge in [-0.2, -0.15) is 0 Å². The van der Waals surface area contributed by atoms with Gasteiger partial charge in [-0.3, -0.25) is 0 Å². The third-order valence-electron chi connectivity index (χ3n) is 1.21. The maximum absolute atomic E-state index is 9.10. The highest BCUT2D eigenvalue weighted by Gasteiger charge is 1.93. The molecule has 0 spiro atoms. The fourth-order valence-corrected chi connectivity index (χ4v) is 0.661. The molecule has 0 amide bonds. The zero-order chi connectivity index (χ0) is 7.82. The molecule has 0 aliphatic heterocycles. The second kappa shape index (κ2) is 6.64. The predicted molar refractivity (Wildman–Crippen MR) is 43.6 cm³/mol. The van der Waals surface area contributed by atoms with Gasteiger partial charge in [0.25, 0.3) is 0 Å². The summed E-state index contributed by atoms with van der Waals surface area (Å²) in [6, 6.07) is 0. The molecule has 1 N–H and O–H groups in total. The van der Waals surface area contributed by atoms with Crippen LogP contribution in [0.25, 0.3) is 0 Å². The SMILES string of the molecule is CCCC#C[C@H](O)CCC. The van der Waals surface area contributed by atoms with E-state index in [0.29, 0.717) is 0 Å². The van der Waals surface area contributed by atoms with Gasteiger partial charge < -0.3 is 5.11 Å². The van der Waals surface area contributed by atoms with Gasteiger partial charge in [-0.15, -0.1) is 5.92 Å². The highest BCUT2D eigenvalue weighted by Crippen LogP contribution is 1.93. The van der Waals surface area contributed by atoms with Gasteiger partial charge >= 0.3 is 0 Å². The minimum atomic E-state index is -0.392. The lowest BCUT2D eigenvalue weighted by atomic mass is 10.2. The van der Waals surface area contributed by atoms with Crippen LogP contribution >= 0.6 is 0 Å². The molecule has 0 radical (unpaired) electrons. The number of hydrogen-bond donors (Lipinski definition) is 1. The first-order valence-corrected chi connectivity index (χ1v) is 3.97. The highest BCUT2D eigenvalue weighted by atomic mass is 16.3. The molecule has 1 nitrogen and oxygen atoms in total. The number of aliphatic hydroxyl groups excluding tert-OH is 1. The van der Waals surface area contributed by atoms with E-state index in [2.05, 4.69) is 18.8 Å². The Kier molecular flexibility index (Phi) is 6.32. The second-order valence-electron chi connectivity index (χ2n) is 2.38. The highest BCUT2D eigenvalue weighted by molar-refractivity contribution is 5.03. The molecule has 0 heterocycles. The van der Waals surface area contributed by atoms with Crippen LogP contribution in [0.5, 0.6) is 0 Å². The van der Waals surface area contributed by atoms with E-state index < -0.39 is 6.10 Å². The summed E-state index contributed by atoms with van der Waals surface area (Å²) < 4.78 is 0. The summed E-state index contributed by atoms with van der Waals surface area (Å²) in [6.45, 7) is 4.13. The molecule has 10 heavy (non-hydrogen) atoms. The van der Waals surface area contributed by atoms with Gasteiger partial charge in [0.2, 0.25) is 0 Å². The van der Waals surface area contributed by atoms with E-state index in [1.165, 1.54) is 0 Å². The molecule has 0 saturated carbocycles. The molecule has 0 fully saturated rings. The van der Waals surface area contributed by atoms with Crippen molar-refractivity contribution >= 4 is 0 Å². The zero-order valence-electron chi connectivity index (χ0n) is 6.85. The van der Waals surface area contributed by atoms with Crippen LogP contribution in [0.4, 0.5) is 0 Å². The van der Waals surface area contributed by atoms with E-state index in [1.54, 1.807) is 0 Å². The van der Waals surface area contributed by atoms with Crippen molar-refractivity contribution in [2.45, 2.75) is 45.6 Å². The van der Waals surface area contributed by atoms with Crippen LogP contribution in [0.2, 0.25) is 0 Å². The monoisotopic (exact) mass is 140 g/mol. The largest absolute Gasteiger partial charge is 0.380 e. The quantitative estimate of drug-likeness (QED) is 0.594. The third kappa shape index (κ3) is 5.65. The van der Waals surface area contributed by atoms with Gasteiger partial charge in [-0.05, 0) is 12.8 Å². The first-order valence-electron chi connectivity index (χ1n) is 3.97. The standard InChI is InChI=1S/C9H16O/c1-3-5-6-8-9(10)7-4-2/h9-10H,3-5,7H2,1-2H3/t9-/m1/s1. The zero-order valence-corrected chi connectivity index (χ0v) is 6.85. The molecule has 0 bridgehead atoms. The number of aliphatic hydroxyl groups is 1. The van der Waals surface area contributed by atoms with Crippen LogP contribution in [0, 0.1) is 11.8 Å². The molecule has 0 rings (SSSR count). The fourth-order valence-electron chi connectivity index (χ4n) is 0.661. The molecule has 0 aliphatic rings. The first kappa shape index (κ1) is 9.52. The Hall–Kier alpha value is -0.480. The summed E-state index contributed by atoms with van der Waals surface area (Å²) >= 11 is 0. The van der Waals surface area contributed by atoms with Gasteiger partial charge in [-0.25, -0.2) is 0 Å². The van der Waals surface area contributed by atoms with Crippen LogP contribution in [-0.4, -0.2) is 11.2 Å². The summed E-state index contributed by atoms with van der Waals surface area (Å²) in [5.41, 5.74) is 0. The Labute approximate surface area is 63.5 Å². The number of rotatable bonds is 3. The summed E-state index contributed by atoms with van der Waals surface area (Å²) in [6.07, 6.45) is 3.39. The van der Waals surface area contributed by atoms with Crippen molar-refractivity contribution in [2.75, 3.05) is 0 Å². The summed E-state index contributed by atoms with van der Waals surface area (Å²) in [4.78, 5) is 0. The third-order valence-corrected chi connectivity index (χ3v) is 1.21. The van der Waals surface area contributed by atoms with Gasteiger partial charge in [0.1, 0.15) is 6.10 Å². The van der Waals surface area contributed by atoms with Crippen LogP contribution in [-0.2, 0) is 0 Å². The van der Waals surface area contributed by atoms with E-state index in [1.807, 2.05) is 6.92 Å². The molecular formula is C9H16O. The topological polar surface area (TPSA) is 20.2 Å². The lowest BCUT2D eigenvalue weighted by molar-refractivity contribution is 0.221. The van der Waals surface area contributed by atoms with Crippen molar-refractivity contribution in [3.8, 4) is 11.8 Å². The average Bonchev–Trinajstić information content (AvgIpc) is 1.89. The van der Waals surface area contributed by atoms with Crippen molar-refractivity contribution in [1.29, 1.82) is 0 Å². The minimum Gasteiger partial charge on any atom is -0.380 e. The number of unbranched alkanes of at least 4 members (excludes halogenated alkanes) is 1. The van der Waals surface area contributed by atoms with E-state index in [4.69, 9.17) is 5.11 Å². The molecule has 58 valence electrons. The van der Waals surface area contributed by atoms with Crippen molar-refractivity contribution in [1.82, 2.24) is 0 Å². The van der Waals surface area contributed by atoms with E-state index >= 15 is 0 Å². The summed E-state index contributed by atoms with van der Waals surface area (Å²) in [7, 11) is 0. The molecule has 0 aliphatic carbocycles. The van der Waals surface area contributed by atoms with Crippen molar-refractivity contribution in [3.05, 3.63) is 0 Å². The molecular weight excluding hydrogens is 124 g/mol. The molecule has 0 aromatic carbocycles. The van der Waals surface area contributed by atoms with Crippen LogP contribution in [0.3, 0.4) is 0 Å². The molecule has 0 aromatic heterocycles. The van der Waals surface area contributed by atoms with Crippen molar-refractivity contribution < 1.29 is 5.11 Å². The Bertz CT molecular complexity index is 118. The van der Waals surface area contributed by atoms with Crippen LogP contribution in [0.15, 0.2) is 0 Å². The smallest absolute Gasteiger partial charge is 0.114 e. The molecule has 0 saturated heterocycles. The Balaban J connectivity index is 3.37. The second-order valence-corrected chi connectivity index (χ2v) is 2.38. The summed E-state index contributed by atoms with van der Waals surface area (Å²) in [5, 5.41) is 9.10. The van der Waals surface area contributed by atoms with Gasteiger partial charge in [0.05, 0.1) is 0 Å². The Morgan fingerprint density at radius 3 is 2.50 bits per heavy atom. The van der Waals surface area contributed by atoms with Crippen LogP contribution in [0.1, 0.15) is 39.5 Å². The van der Waals surface area contributed by atoms with E-state index in [9.17, 15) is 0 Å². The van der Waals surface area contributed by atoms with Gasteiger partial charge in [0, 0.05) is 6.42 Å². The lowest BCUT2D eigenvalue weighted by Gasteiger charge is -1.96. The predicted octanol–water partition coefficient (Wildman–Crippen LogP) is 1.95. The average molecular weight is 140 g/mol. The normalized spacial score (nSPS) is 11.9. The first-order chi connectivity index (χ1) is 4.81. The molecule has 1 atom stereocenters. The van der Waals surface area contributed by atoms with E-state index in [-0.39, 0.29) is 0 Å². The van der Waals surface area contributed by atoms with Gasteiger partial charge in [0.15, 0.2) is 0 Å². The van der Waals surface area contributed by atoms with Crippen molar-refractivity contribution in [3.63, 3.8) is 0 Å². The molecule has 0 unspecified atom stereocenters. The van der Waals surface area contributed by atoms with E-state index in [0.717, 1.165) is 25.7 Å². The Morgan fingerprint density at radius 1 is 1.30 bits per heavy atom.